The van der Waals surface area contributed by atoms with Gasteiger partial charge in [-0.15, -0.1) is 0 Å². The number of hydrogen-bond acceptors (Lipinski definition) is 3. The van der Waals surface area contributed by atoms with E-state index in [1.54, 1.807) is 13.8 Å². The minimum Gasteiger partial charge on any atom is -0.396 e. The summed E-state index contributed by atoms with van der Waals surface area (Å²) in [6, 6.07) is 0. The Bertz CT molecular complexity index is 164. The summed E-state index contributed by atoms with van der Waals surface area (Å²) in [5.74, 6) is -0.111. The van der Waals surface area contributed by atoms with E-state index in [2.05, 4.69) is 5.32 Å². The summed E-state index contributed by atoms with van der Waals surface area (Å²) in [5, 5.41) is 11.3. The van der Waals surface area contributed by atoms with Crippen LogP contribution in [0, 0.1) is 0 Å². The van der Waals surface area contributed by atoms with Crippen molar-refractivity contribution in [3.63, 3.8) is 0 Å². The first kappa shape index (κ1) is 13.4. The SMILES string of the molecule is CC(C)(N)C(=O)NCCCCCCO. The molecule has 0 bridgehead atoms. The van der Waals surface area contributed by atoms with Crippen LogP contribution in [0.5, 0.6) is 0 Å². The van der Waals surface area contributed by atoms with Gasteiger partial charge in [0.05, 0.1) is 5.54 Å². The molecule has 4 N–H and O–H groups in total. The van der Waals surface area contributed by atoms with Gasteiger partial charge in [0.15, 0.2) is 0 Å². The standard InChI is InChI=1S/C10H22N2O2/c1-10(2,11)9(14)12-7-5-3-4-6-8-13/h13H,3-8,11H2,1-2H3,(H,12,14). The van der Waals surface area contributed by atoms with Gasteiger partial charge in [0.25, 0.3) is 0 Å². The van der Waals surface area contributed by atoms with Crippen LogP contribution in [0.3, 0.4) is 0 Å². The highest BCUT2D eigenvalue weighted by Crippen LogP contribution is 1.99. The minimum atomic E-state index is -0.787. The fourth-order valence-electron chi connectivity index (χ4n) is 1.02. The first-order valence-electron chi connectivity index (χ1n) is 5.16. The molecule has 0 rings (SSSR count). The maximum absolute atomic E-state index is 11.3. The Kier molecular flexibility index (Phi) is 6.49. The van der Waals surface area contributed by atoms with Gasteiger partial charge in [-0.3, -0.25) is 4.79 Å². The smallest absolute Gasteiger partial charge is 0.239 e. The zero-order chi connectivity index (χ0) is 11.0. The van der Waals surface area contributed by atoms with Crippen LogP contribution in [0.2, 0.25) is 0 Å². The van der Waals surface area contributed by atoms with Gasteiger partial charge in [0.1, 0.15) is 0 Å². The van der Waals surface area contributed by atoms with E-state index in [9.17, 15) is 4.79 Å². The van der Waals surface area contributed by atoms with Crippen LogP contribution in [0.25, 0.3) is 0 Å². The van der Waals surface area contributed by atoms with Crippen molar-refractivity contribution in [3.05, 3.63) is 0 Å². The molecule has 0 saturated heterocycles. The molecule has 0 aliphatic rings. The van der Waals surface area contributed by atoms with Crippen LogP contribution in [-0.2, 0) is 4.79 Å². The lowest BCUT2D eigenvalue weighted by atomic mass is 10.1. The summed E-state index contributed by atoms with van der Waals surface area (Å²) in [6.45, 7) is 4.30. The third kappa shape index (κ3) is 6.86. The Balaban J connectivity index is 3.33. The van der Waals surface area contributed by atoms with Crippen molar-refractivity contribution in [3.8, 4) is 0 Å². The zero-order valence-corrected chi connectivity index (χ0v) is 9.18. The quantitative estimate of drug-likeness (QED) is 0.523. The van der Waals surface area contributed by atoms with Crippen LogP contribution < -0.4 is 11.1 Å². The Morgan fingerprint density at radius 3 is 2.36 bits per heavy atom. The van der Waals surface area contributed by atoms with E-state index >= 15 is 0 Å². The normalized spacial score (nSPS) is 11.4. The predicted octanol–water partition coefficient (Wildman–Crippen LogP) is 0.393. The molecule has 4 nitrogen and oxygen atoms in total. The van der Waals surface area contributed by atoms with Gasteiger partial charge in [0.2, 0.25) is 5.91 Å². The second kappa shape index (κ2) is 6.79. The average molecular weight is 202 g/mol. The van der Waals surface area contributed by atoms with Crippen molar-refractivity contribution in [2.24, 2.45) is 5.73 Å². The molecule has 0 aromatic carbocycles. The van der Waals surface area contributed by atoms with Crippen molar-refractivity contribution in [2.75, 3.05) is 13.2 Å². The van der Waals surface area contributed by atoms with E-state index in [1.165, 1.54) is 0 Å². The second-order valence-electron chi connectivity index (χ2n) is 4.12. The van der Waals surface area contributed by atoms with Crippen LogP contribution in [-0.4, -0.2) is 29.7 Å². The van der Waals surface area contributed by atoms with Crippen LogP contribution in [0.1, 0.15) is 39.5 Å². The van der Waals surface area contributed by atoms with Crippen molar-refractivity contribution in [1.29, 1.82) is 0 Å². The third-order valence-corrected chi connectivity index (χ3v) is 1.96. The number of nitrogens with two attached hydrogens (primary N) is 1. The average Bonchev–Trinajstić information content (AvgIpc) is 2.09. The summed E-state index contributed by atoms with van der Waals surface area (Å²) in [7, 11) is 0. The maximum Gasteiger partial charge on any atom is 0.239 e. The van der Waals surface area contributed by atoms with Crippen LogP contribution in [0.15, 0.2) is 0 Å². The molecule has 0 unspecified atom stereocenters. The first-order valence-corrected chi connectivity index (χ1v) is 5.16. The highest BCUT2D eigenvalue weighted by Gasteiger charge is 2.20. The number of nitrogens with one attached hydrogen (secondary N) is 1. The van der Waals surface area contributed by atoms with E-state index < -0.39 is 5.54 Å². The van der Waals surface area contributed by atoms with Crippen molar-refractivity contribution in [1.82, 2.24) is 5.32 Å². The molecule has 0 radical (unpaired) electrons. The Morgan fingerprint density at radius 2 is 1.86 bits per heavy atom. The number of aliphatic hydroxyl groups excluding tert-OH is 1. The highest BCUT2D eigenvalue weighted by molar-refractivity contribution is 5.84. The van der Waals surface area contributed by atoms with Gasteiger partial charge in [-0.05, 0) is 26.7 Å². The Morgan fingerprint density at radius 1 is 1.29 bits per heavy atom. The van der Waals surface area contributed by atoms with Crippen molar-refractivity contribution < 1.29 is 9.90 Å². The number of aliphatic hydroxyl groups is 1. The lowest BCUT2D eigenvalue weighted by Crippen LogP contribution is -2.49. The molecule has 0 spiro atoms. The molecular formula is C10H22N2O2. The topological polar surface area (TPSA) is 75.4 Å². The van der Waals surface area contributed by atoms with Gasteiger partial charge < -0.3 is 16.2 Å². The number of rotatable bonds is 7. The molecule has 0 saturated carbocycles. The largest absolute Gasteiger partial charge is 0.396 e. The maximum atomic E-state index is 11.3. The summed E-state index contributed by atoms with van der Waals surface area (Å²) < 4.78 is 0. The van der Waals surface area contributed by atoms with Crippen LogP contribution >= 0.6 is 0 Å². The van der Waals surface area contributed by atoms with E-state index in [4.69, 9.17) is 10.8 Å². The number of hydrogen-bond donors (Lipinski definition) is 3. The van der Waals surface area contributed by atoms with Gasteiger partial charge in [-0.2, -0.15) is 0 Å². The number of carbonyl (C=O) groups excluding carboxylic acids is 1. The molecule has 0 aromatic heterocycles. The van der Waals surface area contributed by atoms with Crippen molar-refractivity contribution in [2.45, 2.75) is 45.1 Å². The predicted molar refractivity (Wildman–Crippen MR) is 56.8 cm³/mol. The fourth-order valence-corrected chi connectivity index (χ4v) is 1.02. The molecule has 84 valence electrons. The van der Waals surface area contributed by atoms with Gasteiger partial charge in [0, 0.05) is 13.2 Å². The van der Waals surface area contributed by atoms with E-state index in [0.29, 0.717) is 6.54 Å². The summed E-state index contributed by atoms with van der Waals surface area (Å²) in [5.41, 5.74) is 4.81. The number of unbranched alkanes of at least 4 members (excludes halogenated alkanes) is 3. The van der Waals surface area contributed by atoms with Gasteiger partial charge in [-0.1, -0.05) is 12.8 Å². The molecule has 0 fully saturated rings. The van der Waals surface area contributed by atoms with E-state index in [1.807, 2.05) is 0 Å². The lowest BCUT2D eigenvalue weighted by molar-refractivity contribution is -0.125. The summed E-state index contributed by atoms with van der Waals surface area (Å²) >= 11 is 0. The summed E-state index contributed by atoms with van der Waals surface area (Å²) in [4.78, 5) is 11.3. The monoisotopic (exact) mass is 202 g/mol. The third-order valence-electron chi connectivity index (χ3n) is 1.96. The number of amides is 1. The molecule has 0 aromatic rings. The number of carbonyl (C=O) groups is 1. The Hall–Kier alpha value is -0.610. The molecule has 1 amide bonds. The molecule has 0 aliphatic heterocycles. The molecule has 14 heavy (non-hydrogen) atoms. The molecule has 4 heteroatoms. The van der Waals surface area contributed by atoms with E-state index in [0.717, 1.165) is 25.7 Å². The first-order chi connectivity index (χ1) is 6.48. The second-order valence-corrected chi connectivity index (χ2v) is 4.12. The van der Waals surface area contributed by atoms with Crippen LogP contribution in [0.4, 0.5) is 0 Å². The molecule has 0 heterocycles. The van der Waals surface area contributed by atoms with E-state index in [-0.39, 0.29) is 12.5 Å². The molecule has 0 aliphatic carbocycles. The summed E-state index contributed by atoms with van der Waals surface area (Å²) in [6.07, 6.45) is 3.84. The van der Waals surface area contributed by atoms with Crippen molar-refractivity contribution >= 4 is 5.91 Å². The van der Waals surface area contributed by atoms with Gasteiger partial charge in [-0.25, -0.2) is 0 Å². The zero-order valence-electron chi connectivity index (χ0n) is 9.18. The fraction of sp³-hybridized carbons (Fsp3) is 0.900. The minimum absolute atomic E-state index is 0.111. The molecule has 0 atom stereocenters. The van der Waals surface area contributed by atoms with Gasteiger partial charge >= 0.3 is 0 Å². The Labute approximate surface area is 85.9 Å². The highest BCUT2D eigenvalue weighted by atomic mass is 16.2. The lowest BCUT2D eigenvalue weighted by Gasteiger charge is -2.17. The molecular weight excluding hydrogens is 180 g/mol.